The van der Waals surface area contributed by atoms with Crippen molar-refractivity contribution in [2.45, 2.75) is 6.18 Å². The van der Waals surface area contributed by atoms with Crippen molar-refractivity contribution in [3.8, 4) is 5.69 Å². The summed E-state index contributed by atoms with van der Waals surface area (Å²) in [5.74, 6) is -1.53. The van der Waals surface area contributed by atoms with Crippen LogP contribution in [-0.2, 0) is 13.2 Å². The SMILES string of the molecule is Cn1cc2c(n1)c(=O)n(-c1cccn3nccc13)c1nc(C(F)(F)F)c(F)cc21. The van der Waals surface area contributed by atoms with Gasteiger partial charge in [-0.15, -0.1) is 0 Å². The molecule has 0 amide bonds. The Hall–Kier alpha value is -3.76. The molecule has 0 aliphatic carbocycles. The van der Waals surface area contributed by atoms with Gasteiger partial charge in [-0.05, 0) is 24.3 Å². The smallest absolute Gasteiger partial charge is 0.274 e. The molecule has 0 bridgehead atoms. The van der Waals surface area contributed by atoms with Gasteiger partial charge in [0, 0.05) is 30.2 Å². The van der Waals surface area contributed by atoms with Crippen LogP contribution in [0.4, 0.5) is 17.6 Å². The molecular weight excluding hydrogens is 392 g/mol. The van der Waals surface area contributed by atoms with Crippen LogP contribution in [0.2, 0.25) is 0 Å². The molecule has 0 unspecified atom stereocenters. The lowest BCUT2D eigenvalue weighted by molar-refractivity contribution is -0.143. The standard InChI is InChI=1S/C18H10F4N6O/c1-26-8-10-9-7-11(19)15(18(20,21)22)24-16(9)28(17(29)14(10)25-26)13-3-2-6-27-12(13)4-5-23-27/h2-8H,1H3. The Morgan fingerprint density at radius 2 is 1.93 bits per heavy atom. The lowest BCUT2D eigenvalue weighted by atomic mass is 10.1. The molecule has 0 fully saturated rings. The maximum atomic E-state index is 14.3. The van der Waals surface area contributed by atoms with Gasteiger partial charge >= 0.3 is 6.18 Å². The molecule has 0 atom stereocenters. The zero-order chi connectivity index (χ0) is 20.5. The van der Waals surface area contributed by atoms with Crippen LogP contribution in [0.25, 0.3) is 33.1 Å². The molecule has 5 aromatic rings. The summed E-state index contributed by atoms with van der Waals surface area (Å²) in [4.78, 5) is 16.7. The van der Waals surface area contributed by atoms with Crippen LogP contribution in [0, 0.1) is 5.82 Å². The molecule has 29 heavy (non-hydrogen) atoms. The molecule has 146 valence electrons. The first-order valence-corrected chi connectivity index (χ1v) is 8.34. The van der Waals surface area contributed by atoms with Crippen LogP contribution in [0.1, 0.15) is 5.69 Å². The quantitative estimate of drug-likeness (QED) is 0.404. The maximum absolute atomic E-state index is 14.3. The largest absolute Gasteiger partial charge is 0.436 e. The van der Waals surface area contributed by atoms with Crippen LogP contribution in [0.5, 0.6) is 0 Å². The molecule has 0 saturated carbocycles. The molecular formula is C18H10F4N6O. The minimum atomic E-state index is -5.02. The van der Waals surface area contributed by atoms with Gasteiger partial charge in [-0.3, -0.25) is 14.0 Å². The second-order valence-electron chi connectivity index (χ2n) is 6.45. The Balaban J connectivity index is 2.05. The third-order valence-corrected chi connectivity index (χ3v) is 4.62. The third kappa shape index (κ3) is 2.43. The van der Waals surface area contributed by atoms with E-state index in [4.69, 9.17) is 0 Å². The average molecular weight is 402 g/mol. The number of fused-ring (bicyclic) bond motifs is 4. The van der Waals surface area contributed by atoms with Crippen molar-refractivity contribution in [3.05, 3.63) is 64.7 Å². The van der Waals surface area contributed by atoms with Gasteiger partial charge in [0.15, 0.2) is 17.0 Å². The highest BCUT2D eigenvalue weighted by Crippen LogP contribution is 2.33. The van der Waals surface area contributed by atoms with E-state index in [9.17, 15) is 22.4 Å². The molecule has 0 spiro atoms. The van der Waals surface area contributed by atoms with Crippen molar-refractivity contribution in [2.24, 2.45) is 7.05 Å². The van der Waals surface area contributed by atoms with Crippen LogP contribution < -0.4 is 5.56 Å². The van der Waals surface area contributed by atoms with Gasteiger partial charge in [-0.1, -0.05) is 0 Å². The summed E-state index contributed by atoms with van der Waals surface area (Å²) in [6.45, 7) is 0. The highest BCUT2D eigenvalue weighted by atomic mass is 19.4. The van der Waals surface area contributed by atoms with Crippen LogP contribution >= 0.6 is 0 Å². The second-order valence-corrected chi connectivity index (χ2v) is 6.45. The third-order valence-electron chi connectivity index (χ3n) is 4.62. The van der Waals surface area contributed by atoms with Gasteiger partial charge in [0.25, 0.3) is 5.56 Å². The maximum Gasteiger partial charge on any atom is 0.436 e. The zero-order valence-electron chi connectivity index (χ0n) is 14.6. The highest BCUT2D eigenvalue weighted by Gasteiger charge is 2.37. The summed E-state index contributed by atoms with van der Waals surface area (Å²) < 4.78 is 58.0. The van der Waals surface area contributed by atoms with Gasteiger partial charge in [-0.2, -0.15) is 23.4 Å². The second kappa shape index (κ2) is 5.63. The molecule has 0 aliphatic heterocycles. The summed E-state index contributed by atoms with van der Waals surface area (Å²) in [7, 11) is 1.56. The summed E-state index contributed by atoms with van der Waals surface area (Å²) in [5, 5.41) is 8.43. The van der Waals surface area contributed by atoms with E-state index in [0.29, 0.717) is 5.52 Å². The fourth-order valence-electron chi connectivity index (χ4n) is 3.44. The van der Waals surface area contributed by atoms with E-state index in [2.05, 4.69) is 15.2 Å². The van der Waals surface area contributed by atoms with Gasteiger partial charge < -0.3 is 0 Å². The molecule has 7 nitrogen and oxygen atoms in total. The van der Waals surface area contributed by atoms with Crippen LogP contribution in [0.15, 0.2) is 47.7 Å². The molecule has 0 aromatic carbocycles. The number of rotatable bonds is 1. The fourth-order valence-corrected chi connectivity index (χ4v) is 3.44. The first kappa shape index (κ1) is 17.3. The van der Waals surface area contributed by atoms with E-state index in [1.807, 2.05) is 0 Å². The average Bonchev–Trinajstić information content (AvgIpc) is 3.28. The lowest BCUT2D eigenvalue weighted by Gasteiger charge is -2.14. The topological polar surface area (TPSA) is 70.0 Å². The van der Waals surface area contributed by atoms with E-state index in [1.165, 1.54) is 21.6 Å². The van der Waals surface area contributed by atoms with Gasteiger partial charge in [0.2, 0.25) is 0 Å². The van der Waals surface area contributed by atoms with E-state index in [-0.39, 0.29) is 27.6 Å². The van der Waals surface area contributed by atoms with Crippen molar-refractivity contribution < 1.29 is 17.6 Å². The first-order chi connectivity index (χ1) is 13.8. The molecule has 0 radical (unpaired) electrons. The Morgan fingerprint density at radius 1 is 1.14 bits per heavy atom. The summed E-state index contributed by atoms with van der Waals surface area (Å²) in [5.41, 5.74) is -1.98. The summed E-state index contributed by atoms with van der Waals surface area (Å²) in [6.07, 6.45) is -0.470. The number of alkyl halides is 3. The Morgan fingerprint density at radius 3 is 2.69 bits per heavy atom. The Labute approximate surface area is 158 Å². The van der Waals surface area contributed by atoms with Crippen molar-refractivity contribution in [3.63, 3.8) is 0 Å². The number of aromatic nitrogens is 6. The number of aryl methyl sites for hydroxylation is 1. The predicted octanol–water partition coefficient (Wildman–Crippen LogP) is 3.08. The van der Waals surface area contributed by atoms with E-state index < -0.39 is 23.2 Å². The van der Waals surface area contributed by atoms with Gasteiger partial charge in [0.1, 0.15) is 5.65 Å². The predicted molar refractivity (Wildman–Crippen MR) is 95.3 cm³/mol. The van der Waals surface area contributed by atoms with E-state index in [1.54, 1.807) is 31.4 Å². The fraction of sp³-hybridized carbons (Fsp3) is 0.111. The summed E-state index contributed by atoms with van der Waals surface area (Å²) in [6, 6.07) is 5.47. The van der Waals surface area contributed by atoms with Crippen molar-refractivity contribution in [1.82, 2.24) is 28.9 Å². The molecule has 11 heteroatoms. The minimum Gasteiger partial charge on any atom is -0.274 e. The molecule has 5 rings (SSSR count). The molecule has 0 saturated heterocycles. The lowest BCUT2D eigenvalue weighted by Crippen LogP contribution is -2.22. The molecule has 5 aromatic heterocycles. The number of nitrogens with zero attached hydrogens (tertiary/aromatic N) is 6. The van der Waals surface area contributed by atoms with Crippen molar-refractivity contribution in [2.75, 3.05) is 0 Å². The van der Waals surface area contributed by atoms with Crippen LogP contribution in [0.3, 0.4) is 0 Å². The number of hydrogen-bond donors (Lipinski definition) is 0. The first-order valence-electron chi connectivity index (χ1n) is 8.34. The Kier molecular flexibility index (Phi) is 3.37. The number of pyridine rings is 3. The highest BCUT2D eigenvalue weighted by molar-refractivity contribution is 6.03. The van der Waals surface area contributed by atoms with E-state index >= 15 is 0 Å². The number of halogens is 4. The molecule has 0 N–H and O–H groups in total. The minimum absolute atomic E-state index is 0.0116. The number of hydrogen-bond acceptors (Lipinski definition) is 4. The van der Waals surface area contributed by atoms with Crippen molar-refractivity contribution >= 4 is 27.5 Å². The van der Waals surface area contributed by atoms with Gasteiger partial charge in [-0.25, -0.2) is 13.9 Å². The van der Waals surface area contributed by atoms with Crippen LogP contribution in [-0.4, -0.2) is 28.9 Å². The van der Waals surface area contributed by atoms with Crippen molar-refractivity contribution in [1.29, 1.82) is 0 Å². The molecule has 0 aliphatic rings. The normalized spacial score (nSPS) is 12.4. The summed E-state index contributed by atoms with van der Waals surface area (Å²) >= 11 is 0. The monoisotopic (exact) mass is 402 g/mol. The van der Waals surface area contributed by atoms with Gasteiger partial charge in [0.05, 0.1) is 17.4 Å². The van der Waals surface area contributed by atoms with E-state index in [0.717, 1.165) is 10.6 Å². The zero-order valence-corrected chi connectivity index (χ0v) is 14.6. The molecule has 5 heterocycles. The Bertz CT molecular complexity index is 1490.